The van der Waals surface area contributed by atoms with E-state index in [1.54, 1.807) is 0 Å². The Morgan fingerprint density at radius 2 is 2.56 bits per heavy atom. The Labute approximate surface area is 61.4 Å². The predicted molar refractivity (Wildman–Crippen MR) is 34.5 cm³/mol. The van der Waals surface area contributed by atoms with Crippen LogP contribution in [0.5, 0.6) is 0 Å². The van der Waals surface area contributed by atoms with E-state index >= 15 is 0 Å². The molecule has 0 radical (unpaired) electrons. The third kappa shape index (κ3) is 1.95. The van der Waals surface area contributed by atoms with Crippen molar-refractivity contribution in [2.75, 3.05) is 18.5 Å². The molecular weight excluding hydrogens is 188 g/mol. The zero-order valence-electron chi connectivity index (χ0n) is 4.80. The molecule has 0 amide bonds. The summed E-state index contributed by atoms with van der Waals surface area (Å²) in [6.07, 6.45) is -0.0914. The van der Waals surface area contributed by atoms with Gasteiger partial charge in [-0.25, -0.2) is 4.79 Å². The first kappa shape index (κ1) is 7.02. The van der Waals surface area contributed by atoms with Crippen LogP contribution in [0.3, 0.4) is 0 Å². The predicted octanol–water partition coefficient (Wildman–Crippen LogP) is 0.323. The van der Waals surface area contributed by atoms with Gasteiger partial charge in [0.25, 0.3) is 0 Å². The molecule has 1 saturated heterocycles. The first-order valence-electron chi connectivity index (χ1n) is 2.66. The summed E-state index contributed by atoms with van der Waals surface area (Å²) in [7, 11) is 0. The molecule has 0 aliphatic carbocycles. The largest absolute Gasteiger partial charge is 0.457 e. The van der Waals surface area contributed by atoms with Crippen LogP contribution in [-0.2, 0) is 14.3 Å². The Morgan fingerprint density at radius 3 is 3.00 bits per heavy atom. The van der Waals surface area contributed by atoms with E-state index in [0.29, 0.717) is 11.9 Å². The smallest absolute Gasteiger partial charge is 0.332 e. The van der Waals surface area contributed by atoms with Crippen LogP contribution >= 0.6 is 15.9 Å². The van der Waals surface area contributed by atoms with Gasteiger partial charge in [0.1, 0.15) is 12.7 Å². The van der Waals surface area contributed by atoms with Crippen LogP contribution in [0.4, 0.5) is 0 Å². The van der Waals surface area contributed by atoms with Gasteiger partial charge >= 0.3 is 5.97 Å². The van der Waals surface area contributed by atoms with Crippen LogP contribution in [0.25, 0.3) is 0 Å². The topological polar surface area (TPSA) is 35.5 Å². The van der Waals surface area contributed by atoms with Crippen molar-refractivity contribution >= 4 is 21.9 Å². The van der Waals surface area contributed by atoms with Gasteiger partial charge in [0.15, 0.2) is 0 Å². The summed E-state index contributed by atoms with van der Waals surface area (Å²) in [5.41, 5.74) is 0. The van der Waals surface area contributed by atoms with Crippen molar-refractivity contribution in [2.24, 2.45) is 0 Å². The van der Waals surface area contributed by atoms with Crippen molar-refractivity contribution in [1.29, 1.82) is 0 Å². The minimum atomic E-state index is -0.272. The number of carbonyl (C=O) groups excluding carboxylic acids is 1. The number of ether oxygens (including phenoxy) is 2. The lowest BCUT2D eigenvalue weighted by molar-refractivity contribution is -0.167. The lowest BCUT2D eigenvalue weighted by Gasteiger charge is -2.19. The molecule has 0 spiro atoms. The summed E-state index contributed by atoms with van der Waals surface area (Å²) in [6.45, 7) is 0.612. The van der Waals surface area contributed by atoms with Gasteiger partial charge < -0.3 is 9.47 Å². The van der Waals surface area contributed by atoms with E-state index in [2.05, 4.69) is 15.9 Å². The molecule has 1 aliphatic rings. The van der Waals surface area contributed by atoms with Crippen LogP contribution in [-0.4, -0.2) is 30.6 Å². The number of hydrogen-bond acceptors (Lipinski definition) is 3. The summed E-state index contributed by atoms with van der Waals surface area (Å²) in [5, 5.41) is 0.652. The van der Waals surface area contributed by atoms with Crippen LogP contribution in [0.2, 0.25) is 0 Å². The molecule has 9 heavy (non-hydrogen) atoms. The second-order valence-corrected chi connectivity index (χ2v) is 2.43. The number of halogens is 1. The summed E-state index contributed by atoms with van der Waals surface area (Å²) in [6, 6.07) is 0. The van der Waals surface area contributed by atoms with Crippen LogP contribution in [0.1, 0.15) is 0 Å². The second-order valence-electron chi connectivity index (χ2n) is 1.78. The Kier molecular flexibility index (Phi) is 2.48. The molecule has 1 unspecified atom stereocenters. The number of esters is 1. The van der Waals surface area contributed by atoms with E-state index in [1.165, 1.54) is 0 Å². The standard InChI is InChI=1S/C5H7BrO3/c6-1-4-2-8-3-5(7)9-4/h4H,1-3H2. The maximum absolute atomic E-state index is 10.5. The molecule has 0 aromatic carbocycles. The summed E-state index contributed by atoms with van der Waals surface area (Å²) in [4.78, 5) is 10.5. The van der Waals surface area contributed by atoms with E-state index < -0.39 is 0 Å². The maximum atomic E-state index is 10.5. The average Bonchev–Trinajstić information content (AvgIpc) is 1.88. The number of alkyl halides is 1. The average molecular weight is 195 g/mol. The van der Waals surface area contributed by atoms with Gasteiger partial charge in [-0.1, -0.05) is 15.9 Å². The Hall–Kier alpha value is -0.0900. The molecule has 3 nitrogen and oxygen atoms in total. The molecule has 52 valence electrons. The quantitative estimate of drug-likeness (QED) is 0.446. The highest BCUT2D eigenvalue weighted by Crippen LogP contribution is 2.03. The number of hydrogen-bond donors (Lipinski definition) is 0. The first-order valence-corrected chi connectivity index (χ1v) is 3.78. The van der Waals surface area contributed by atoms with Crippen molar-refractivity contribution in [2.45, 2.75) is 6.10 Å². The lowest BCUT2D eigenvalue weighted by atomic mass is 10.4. The highest BCUT2D eigenvalue weighted by molar-refractivity contribution is 9.09. The second kappa shape index (κ2) is 3.17. The van der Waals surface area contributed by atoms with Gasteiger partial charge in [-0.15, -0.1) is 0 Å². The van der Waals surface area contributed by atoms with E-state index in [4.69, 9.17) is 9.47 Å². The summed E-state index contributed by atoms with van der Waals surface area (Å²) in [5.74, 6) is -0.272. The van der Waals surface area contributed by atoms with Gasteiger partial charge in [-0.2, -0.15) is 0 Å². The Balaban J connectivity index is 2.32. The highest BCUT2D eigenvalue weighted by Gasteiger charge is 2.18. The van der Waals surface area contributed by atoms with Crippen LogP contribution < -0.4 is 0 Å². The van der Waals surface area contributed by atoms with E-state index in [-0.39, 0.29) is 18.7 Å². The molecule has 0 saturated carbocycles. The fourth-order valence-corrected chi connectivity index (χ4v) is 0.923. The molecule has 1 heterocycles. The molecule has 1 rings (SSSR count). The molecule has 0 aromatic heterocycles. The Morgan fingerprint density at radius 1 is 1.78 bits per heavy atom. The van der Waals surface area contributed by atoms with Gasteiger partial charge in [0, 0.05) is 5.33 Å². The number of carbonyl (C=O) groups is 1. The third-order valence-electron chi connectivity index (χ3n) is 0.994. The SMILES string of the molecule is O=C1COCC(CBr)O1. The third-order valence-corrected chi connectivity index (χ3v) is 1.72. The fraction of sp³-hybridized carbons (Fsp3) is 0.800. The van der Waals surface area contributed by atoms with Crippen molar-refractivity contribution < 1.29 is 14.3 Å². The van der Waals surface area contributed by atoms with Gasteiger partial charge in [-0.3, -0.25) is 0 Å². The monoisotopic (exact) mass is 194 g/mol. The van der Waals surface area contributed by atoms with Gasteiger partial charge in [0.05, 0.1) is 6.61 Å². The maximum Gasteiger partial charge on any atom is 0.332 e. The molecule has 0 bridgehead atoms. The number of rotatable bonds is 1. The summed E-state index contributed by atoms with van der Waals surface area (Å²) < 4.78 is 9.71. The molecule has 0 N–H and O–H groups in total. The van der Waals surface area contributed by atoms with Crippen molar-refractivity contribution in [1.82, 2.24) is 0 Å². The van der Waals surface area contributed by atoms with Crippen LogP contribution in [0, 0.1) is 0 Å². The van der Waals surface area contributed by atoms with E-state index in [1.807, 2.05) is 0 Å². The minimum Gasteiger partial charge on any atom is -0.457 e. The van der Waals surface area contributed by atoms with Crippen molar-refractivity contribution in [3.8, 4) is 0 Å². The van der Waals surface area contributed by atoms with Crippen molar-refractivity contribution in [3.05, 3.63) is 0 Å². The van der Waals surface area contributed by atoms with E-state index in [9.17, 15) is 4.79 Å². The molecule has 1 atom stereocenters. The molecule has 1 fully saturated rings. The van der Waals surface area contributed by atoms with Crippen molar-refractivity contribution in [3.63, 3.8) is 0 Å². The molecule has 0 aromatic rings. The molecule has 1 aliphatic heterocycles. The van der Waals surface area contributed by atoms with Crippen LogP contribution in [0.15, 0.2) is 0 Å². The fourth-order valence-electron chi connectivity index (χ4n) is 0.604. The van der Waals surface area contributed by atoms with Gasteiger partial charge in [0.2, 0.25) is 0 Å². The highest BCUT2D eigenvalue weighted by atomic mass is 79.9. The van der Waals surface area contributed by atoms with E-state index in [0.717, 1.165) is 0 Å². The zero-order chi connectivity index (χ0) is 6.69. The zero-order valence-corrected chi connectivity index (χ0v) is 6.39. The minimum absolute atomic E-state index is 0.0914. The first-order chi connectivity index (χ1) is 4.33. The molecular formula is C5H7BrO3. The lowest BCUT2D eigenvalue weighted by Crippen LogP contribution is -2.33. The van der Waals surface area contributed by atoms with Gasteiger partial charge in [-0.05, 0) is 0 Å². The Bertz CT molecular complexity index is 115. The summed E-state index contributed by atoms with van der Waals surface area (Å²) >= 11 is 3.18. The number of cyclic esters (lactones) is 1. The normalized spacial score (nSPS) is 27.7. The molecule has 4 heteroatoms.